The van der Waals surface area contributed by atoms with Crippen molar-refractivity contribution < 1.29 is 90.1 Å². The van der Waals surface area contributed by atoms with E-state index in [-0.39, 0.29) is 13.2 Å². The van der Waals surface area contributed by atoms with Crippen molar-refractivity contribution in [2.75, 3.05) is 24.6 Å². The van der Waals surface area contributed by atoms with Gasteiger partial charge in [-0.15, -0.1) is 0 Å². The average molecular weight is 1180 g/mol. The molecule has 0 aliphatic carbocycles. The normalized spacial score (nSPS) is 15.8. The van der Waals surface area contributed by atoms with Gasteiger partial charge in [-0.25, -0.2) is 19.2 Å². The fourth-order valence-electron chi connectivity index (χ4n) is 6.04. The number of carbonyl (C=O) groups is 10. The predicted octanol–water partition coefficient (Wildman–Crippen LogP) is 5.89. The Kier molecular flexibility index (Phi) is 22.1. The van der Waals surface area contributed by atoms with Crippen LogP contribution in [-0.2, 0) is 93.2 Å². The van der Waals surface area contributed by atoms with Gasteiger partial charge in [-0.1, -0.05) is 143 Å². The SMILES string of the molecule is [2H]C([2H])(C(=O)N[C@@H](CSSC[C@@H](NC(=O)C([2H])([2H])C([2H])([2H])C([2H])(NC(=O)OC(C)(C)C)C(=O)OCc1ccccc1)C(=O)NCC(=O)OCc1ccccc1)C(=O)NCC(=O)OCc1ccccc1)C([2H])([2H])C([2H])(NC(=O)OC(C)(C)C)C(=O)OCc1ccccc1. The number of amides is 6. The molecule has 0 spiro atoms. The van der Waals surface area contributed by atoms with E-state index < -0.39 is 158 Å². The molecule has 0 aliphatic heterocycles. The van der Waals surface area contributed by atoms with E-state index in [0.29, 0.717) is 43.8 Å². The first-order chi connectivity index (χ1) is 42.8. The first-order valence-corrected chi connectivity index (χ1v) is 27.5. The van der Waals surface area contributed by atoms with Crippen molar-refractivity contribution in [3.63, 3.8) is 0 Å². The summed E-state index contributed by atoms with van der Waals surface area (Å²) in [6.45, 7) is 4.74. The molecule has 22 nitrogen and oxygen atoms in total. The molecular formula is C58H72N6O16S2. The lowest BCUT2D eigenvalue weighted by molar-refractivity contribution is -0.148. The molecule has 0 saturated heterocycles. The molecule has 82 heavy (non-hydrogen) atoms. The second-order valence-corrected chi connectivity index (χ2v) is 21.5. The molecule has 0 saturated carbocycles. The first-order valence-electron chi connectivity index (χ1n) is 30.0. The molecule has 0 radical (unpaired) electrons. The summed E-state index contributed by atoms with van der Waals surface area (Å²) in [5, 5.41) is 11.8. The van der Waals surface area contributed by atoms with Gasteiger partial charge in [0, 0.05) is 35.2 Å². The number of rotatable bonds is 31. The third kappa shape index (κ3) is 28.3. The minimum absolute atomic E-state index is 0.252. The van der Waals surface area contributed by atoms with Crippen molar-refractivity contribution >= 4 is 81.3 Å². The number of hydrogen-bond acceptors (Lipinski definition) is 18. The molecule has 4 aromatic rings. The number of carbonyl (C=O) groups excluding carboxylic acids is 10. The van der Waals surface area contributed by atoms with Gasteiger partial charge >= 0.3 is 36.1 Å². The molecule has 4 rings (SSSR count). The van der Waals surface area contributed by atoms with Crippen LogP contribution in [0.5, 0.6) is 0 Å². The number of nitrogens with one attached hydrogen (secondary N) is 6. The van der Waals surface area contributed by atoms with Crippen molar-refractivity contribution in [1.82, 2.24) is 31.9 Å². The van der Waals surface area contributed by atoms with Gasteiger partial charge in [-0.2, -0.15) is 0 Å². The average Bonchev–Trinajstić information content (AvgIpc) is 0.749. The molecule has 0 fully saturated rings. The Balaban J connectivity index is 1.69. The quantitative estimate of drug-likeness (QED) is 0.0148. The van der Waals surface area contributed by atoms with Crippen LogP contribution in [0.15, 0.2) is 121 Å². The van der Waals surface area contributed by atoms with Crippen LogP contribution < -0.4 is 31.9 Å². The fraction of sp³-hybridized carbons (Fsp3) is 0.414. The van der Waals surface area contributed by atoms with Gasteiger partial charge in [0.2, 0.25) is 23.6 Å². The Morgan fingerprint density at radius 2 is 0.744 bits per heavy atom. The number of esters is 4. The summed E-state index contributed by atoms with van der Waals surface area (Å²) in [4.78, 5) is 136. The molecule has 0 heterocycles. The molecular weight excluding hydrogens is 1100 g/mol. The van der Waals surface area contributed by atoms with Gasteiger partial charge in [0.25, 0.3) is 0 Å². The van der Waals surface area contributed by atoms with Gasteiger partial charge in [0.05, 0.1) is 2.74 Å². The lowest BCUT2D eigenvalue weighted by Gasteiger charge is -2.23. The van der Waals surface area contributed by atoms with Crippen LogP contribution in [0, 0.1) is 0 Å². The van der Waals surface area contributed by atoms with Crippen LogP contribution in [0.3, 0.4) is 0 Å². The Hall–Kier alpha value is -8.12. The highest BCUT2D eigenvalue weighted by Gasteiger charge is 2.31. The second kappa shape index (κ2) is 34.9. The fourth-order valence-corrected chi connectivity index (χ4v) is 8.36. The number of hydrogen-bond donors (Lipinski definition) is 6. The smallest absolute Gasteiger partial charge is 0.408 e. The van der Waals surface area contributed by atoms with E-state index in [0.717, 1.165) is 0 Å². The Morgan fingerprint density at radius 1 is 0.451 bits per heavy atom. The van der Waals surface area contributed by atoms with E-state index in [1.165, 1.54) is 65.8 Å². The zero-order valence-electron chi connectivity index (χ0n) is 55.7. The highest BCUT2D eigenvalue weighted by molar-refractivity contribution is 8.76. The summed E-state index contributed by atoms with van der Waals surface area (Å²) in [5.41, 5.74) is -0.938. The second-order valence-electron chi connectivity index (χ2n) is 19.0. The Labute approximate surface area is 498 Å². The number of ether oxygens (including phenoxy) is 6. The van der Waals surface area contributed by atoms with Crippen molar-refractivity contribution in [3.05, 3.63) is 144 Å². The minimum Gasteiger partial charge on any atom is -0.460 e. The van der Waals surface area contributed by atoms with E-state index in [1.807, 2.05) is 10.6 Å². The zero-order chi connectivity index (χ0) is 68.9. The van der Waals surface area contributed by atoms with Gasteiger partial charge in [-0.05, 0) is 76.5 Å². The third-order valence-corrected chi connectivity index (χ3v) is 12.2. The predicted molar refractivity (Wildman–Crippen MR) is 305 cm³/mol. The lowest BCUT2D eigenvalue weighted by Crippen LogP contribution is -2.50. The van der Waals surface area contributed by atoms with E-state index in [4.69, 9.17) is 42.1 Å². The van der Waals surface area contributed by atoms with Crippen LogP contribution in [0.2, 0.25) is 0 Å². The van der Waals surface area contributed by atoms with Crippen molar-refractivity contribution in [3.8, 4) is 0 Å². The highest BCUT2D eigenvalue weighted by Crippen LogP contribution is 2.24. The highest BCUT2D eigenvalue weighted by atomic mass is 33.1. The van der Waals surface area contributed by atoms with Crippen LogP contribution in [0.25, 0.3) is 0 Å². The molecule has 6 N–H and O–H groups in total. The van der Waals surface area contributed by atoms with Gasteiger partial charge < -0.3 is 60.3 Å². The summed E-state index contributed by atoms with van der Waals surface area (Å²) in [5.74, 6) is -14.0. The van der Waals surface area contributed by atoms with E-state index in [9.17, 15) is 47.9 Å². The van der Waals surface area contributed by atoms with Crippen LogP contribution in [-0.4, -0.2) is 120 Å². The maximum atomic E-state index is 14.2. The maximum Gasteiger partial charge on any atom is 0.408 e. The first kappa shape index (κ1) is 52.0. The summed E-state index contributed by atoms with van der Waals surface area (Å²) >= 11 is 0. The Bertz CT molecular complexity index is 3000. The molecule has 442 valence electrons. The molecule has 2 unspecified atom stereocenters. The van der Waals surface area contributed by atoms with Crippen molar-refractivity contribution in [2.24, 2.45) is 0 Å². The van der Waals surface area contributed by atoms with E-state index in [2.05, 4.69) is 10.6 Å². The van der Waals surface area contributed by atoms with Crippen LogP contribution in [0.4, 0.5) is 9.59 Å². The summed E-state index contributed by atoms with van der Waals surface area (Å²) in [6, 6.07) is 20.2. The van der Waals surface area contributed by atoms with Crippen molar-refractivity contribution in [1.29, 1.82) is 0 Å². The molecule has 0 aliphatic rings. The lowest BCUT2D eigenvalue weighted by atomic mass is 10.1. The monoisotopic (exact) mass is 1180 g/mol. The topological polar surface area (TPSA) is 298 Å². The summed E-state index contributed by atoms with van der Waals surface area (Å²) < 4.78 is 120. The third-order valence-electron chi connectivity index (χ3n) is 9.78. The summed E-state index contributed by atoms with van der Waals surface area (Å²) in [7, 11) is 1.08. The molecule has 0 aromatic heterocycles. The van der Waals surface area contributed by atoms with Gasteiger partial charge in [0.15, 0.2) is 0 Å². The Morgan fingerprint density at radius 3 is 1.04 bits per heavy atom. The zero-order valence-corrected chi connectivity index (χ0v) is 47.3. The molecule has 0 bridgehead atoms. The van der Waals surface area contributed by atoms with E-state index in [1.54, 1.807) is 108 Å². The van der Waals surface area contributed by atoms with Crippen molar-refractivity contribution in [2.45, 2.75) is 129 Å². The summed E-state index contributed by atoms with van der Waals surface area (Å²) in [6.07, 6.45) is -19.7. The standard InChI is InChI=1S/C58H72N6O16S2/c1-57(2,3)79-55(73)63-43(53(71)77-35-41-23-15-9-16-24-41)27-29-47(65)61-45(51(69)59-31-49(67)75-33-39-19-11-7-12-20-39)37-81-82-38-46(52(70)60-32-50(68)76-34-40-21-13-8-14-22-40)62-48(66)30-28-44(64-56(74)80-58(4,5)6)54(72)78-36-42-25-17-10-18-26-42/h7-26,43-46H,27-38H2,1-6H3,(H,59,69)(H,60,70)(H,61,65)(H,62,66)(H,63,73)(H,64,74)/t43?,44?,45-,46+/i27D2,28D2,29D2,30D2,43D,44D. The number of alkyl carbamates (subject to hydrolysis) is 2. The van der Waals surface area contributed by atoms with Gasteiger partial charge in [0.1, 0.15) is 74.8 Å². The number of benzene rings is 4. The minimum atomic E-state index is -4.14. The molecule has 4 aromatic carbocycles. The molecule has 24 heteroatoms. The largest absolute Gasteiger partial charge is 0.460 e. The van der Waals surface area contributed by atoms with E-state index >= 15 is 0 Å². The molecule has 4 atom stereocenters. The molecule has 6 amide bonds. The van der Waals surface area contributed by atoms with Gasteiger partial charge in [-0.3, -0.25) is 28.8 Å². The van der Waals surface area contributed by atoms with Crippen LogP contribution in [0.1, 0.15) is 103 Å². The van der Waals surface area contributed by atoms with Crippen LogP contribution >= 0.6 is 21.6 Å². The maximum absolute atomic E-state index is 14.2.